The standard InChI is InChI=1S/C16H20N4O5S/c1-26(22,23)19-14-13(11-4-7-24-15(11)14)18-16(21)12-3-2-10(25-12)8-20-6-5-17-9-20/h2-3,5-6,9,11,13-15,19H,4,7-8H2,1H3,(H,18,21)/t11-,13+,14-,15-/m1/s1. The molecular weight excluding hydrogens is 360 g/mol. The molecule has 26 heavy (non-hydrogen) atoms. The van der Waals surface area contributed by atoms with Crippen molar-refractivity contribution in [1.29, 1.82) is 0 Å². The summed E-state index contributed by atoms with van der Waals surface area (Å²) in [5, 5.41) is 2.89. The number of carbonyl (C=O) groups is 1. The molecule has 2 aromatic rings. The molecule has 1 aliphatic heterocycles. The third kappa shape index (κ3) is 3.39. The molecule has 3 heterocycles. The number of furan rings is 1. The lowest BCUT2D eigenvalue weighted by Crippen LogP contribution is -2.70. The van der Waals surface area contributed by atoms with Crippen LogP contribution in [0, 0.1) is 5.92 Å². The van der Waals surface area contributed by atoms with E-state index in [1.165, 1.54) is 0 Å². The van der Waals surface area contributed by atoms with Crippen LogP contribution in [0.25, 0.3) is 0 Å². The Labute approximate surface area is 150 Å². The number of fused-ring (bicyclic) bond motifs is 1. The molecule has 2 N–H and O–H groups in total. The Kier molecular flexibility index (Phi) is 4.33. The van der Waals surface area contributed by atoms with Crippen molar-refractivity contribution in [3.05, 3.63) is 42.4 Å². The average molecular weight is 380 g/mol. The van der Waals surface area contributed by atoms with Crippen molar-refractivity contribution in [1.82, 2.24) is 19.6 Å². The molecule has 1 saturated heterocycles. The van der Waals surface area contributed by atoms with E-state index in [4.69, 9.17) is 9.15 Å². The van der Waals surface area contributed by atoms with Crippen molar-refractivity contribution in [3.8, 4) is 0 Å². The van der Waals surface area contributed by atoms with Gasteiger partial charge in [-0.1, -0.05) is 0 Å². The normalized spacial score (nSPS) is 27.7. The van der Waals surface area contributed by atoms with Gasteiger partial charge in [0.1, 0.15) is 5.76 Å². The number of amides is 1. The molecule has 0 radical (unpaired) electrons. The summed E-state index contributed by atoms with van der Waals surface area (Å²) in [6, 6.07) is 2.58. The van der Waals surface area contributed by atoms with Gasteiger partial charge in [0.2, 0.25) is 10.0 Å². The summed E-state index contributed by atoms with van der Waals surface area (Å²) in [4.78, 5) is 16.5. The third-order valence-corrected chi connectivity index (χ3v) is 5.52. The number of ether oxygens (including phenoxy) is 1. The van der Waals surface area contributed by atoms with Crippen molar-refractivity contribution in [2.45, 2.75) is 31.2 Å². The number of sulfonamides is 1. The van der Waals surface area contributed by atoms with Crippen LogP contribution < -0.4 is 10.0 Å². The molecule has 2 aliphatic rings. The van der Waals surface area contributed by atoms with Crippen LogP contribution in [-0.2, 0) is 21.3 Å². The Morgan fingerprint density at radius 2 is 2.23 bits per heavy atom. The van der Waals surface area contributed by atoms with Crippen LogP contribution in [0.5, 0.6) is 0 Å². The first-order valence-electron chi connectivity index (χ1n) is 8.35. The second kappa shape index (κ2) is 6.53. The van der Waals surface area contributed by atoms with Gasteiger partial charge in [-0.3, -0.25) is 4.79 Å². The van der Waals surface area contributed by atoms with Gasteiger partial charge in [0, 0.05) is 24.9 Å². The molecule has 9 nitrogen and oxygen atoms in total. The minimum absolute atomic E-state index is 0.110. The summed E-state index contributed by atoms with van der Waals surface area (Å²) in [7, 11) is -3.39. The number of carbonyl (C=O) groups excluding carboxylic acids is 1. The van der Waals surface area contributed by atoms with Crippen molar-refractivity contribution >= 4 is 15.9 Å². The zero-order valence-corrected chi connectivity index (χ0v) is 15.0. The highest BCUT2D eigenvalue weighted by atomic mass is 32.2. The van der Waals surface area contributed by atoms with Gasteiger partial charge in [0.25, 0.3) is 5.91 Å². The van der Waals surface area contributed by atoms with Gasteiger partial charge in [-0.05, 0) is 18.6 Å². The molecule has 10 heteroatoms. The zero-order chi connectivity index (χ0) is 18.3. The number of imidazole rings is 1. The monoisotopic (exact) mass is 380 g/mol. The fourth-order valence-electron chi connectivity index (χ4n) is 3.66. The highest BCUT2D eigenvalue weighted by Gasteiger charge is 2.55. The largest absolute Gasteiger partial charge is 0.454 e. The molecule has 0 bridgehead atoms. The highest BCUT2D eigenvalue weighted by Crippen LogP contribution is 2.39. The number of rotatable bonds is 6. The van der Waals surface area contributed by atoms with Crippen molar-refractivity contribution in [3.63, 3.8) is 0 Å². The number of nitrogens with zero attached hydrogens (tertiary/aromatic N) is 2. The van der Waals surface area contributed by atoms with E-state index in [9.17, 15) is 13.2 Å². The summed E-state index contributed by atoms with van der Waals surface area (Å²) in [6.45, 7) is 1.05. The summed E-state index contributed by atoms with van der Waals surface area (Å²) in [6.07, 6.45) is 6.84. The third-order valence-electron chi connectivity index (χ3n) is 4.82. The number of hydrogen-bond acceptors (Lipinski definition) is 6. The Hall–Kier alpha value is -2.17. The lowest BCUT2D eigenvalue weighted by molar-refractivity contribution is -0.0196. The van der Waals surface area contributed by atoms with Gasteiger partial charge in [-0.15, -0.1) is 0 Å². The van der Waals surface area contributed by atoms with Gasteiger partial charge in [0.15, 0.2) is 5.76 Å². The summed E-state index contributed by atoms with van der Waals surface area (Å²) < 4.78 is 38.7. The highest BCUT2D eigenvalue weighted by molar-refractivity contribution is 7.88. The lowest BCUT2D eigenvalue weighted by Gasteiger charge is -2.47. The van der Waals surface area contributed by atoms with Crippen LogP contribution in [-0.4, -0.2) is 54.9 Å². The molecular formula is C16H20N4O5S. The lowest BCUT2D eigenvalue weighted by atomic mass is 9.72. The number of nitrogens with one attached hydrogen (secondary N) is 2. The van der Waals surface area contributed by atoms with E-state index >= 15 is 0 Å². The van der Waals surface area contributed by atoms with Crippen LogP contribution in [0.3, 0.4) is 0 Å². The maximum Gasteiger partial charge on any atom is 0.287 e. The van der Waals surface area contributed by atoms with E-state index in [1.54, 1.807) is 30.9 Å². The van der Waals surface area contributed by atoms with Gasteiger partial charge >= 0.3 is 0 Å². The van der Waals surface area contributed by atoms with E-state index in [0.29, 0.717) is 18.9 Å². The van der Waals surface area contributed by atoms with Crippen molar-refractivity contribution in [2.24, 2.45) is 5.92 Å². The smallest absolute Gasteiger partial charge is 0.287 e. The van der Waals surface area contributed by atoms with Crippen LogP contribution in [0.2, 0.25) is 0 Å². The quantitative estimate of drug-likeness (QED) is 0.727. The molecule has 4 rings (SSSR count). The fraction of sp³-hybridized carbons (Fsp3) is 0.500. The summed E-state index contributed by atoms with van der Waals surface area (Å²) in [5.41, 5.74) is 0. The maximum absolute atomic E-state index is 12.5. The van der Waals surface area contributed by atoms with Gasteiger partial charge in [-0.25, -0.2) is 18.1 Å². The maximum atomic E-state index is 12.5. The zero-order valence-electron chi connectivity index (χ0n) is 14.2. The van der Waals surface area contributed by atoms with Gasteiger partial charge < -0.3 is 19.0 Å². The first kappa shape index (κ1) is 17.3. The predicted molar refractivity (Wildman–Crippen MR) is 90.9 cm³/mol. The number of hydrogen-bond donors (Lipinski definition) is 2. The van der Waals surface area contributed by atoms with Crippen molar-refractivity contribution in [2.75, 3.05) is 12.9 Å². The minimum atomic E-state index is -3.39. The Bertz CT molecular complexity index is 892. The molecule has 1 aliphatic carbocycles. The summed E-state index contributed by atoms with van der Waals surface area (Å²) in [5.74, 6) is 0.575. The first-order valence-corrected chi connectivity index (χ1v) is 10.2. The topological polar surface area (TPSA) is 115 Å². The van der Waals surface area contributed by atoms with E-state index in [1.807, 2.05) is 4.57 Å². The molecule has 2 aromatic heterocycles. The average Bonchev–Trinajstić information content (AvgIpc) is 3.31. The Morgan fingerprint density at radius 3 is 2.96 bits per heavy atom. The molecule has 0 spiro atoms. The first-order chi connectivity index (χ1) is 12.4. The van der Waals surface area contributed by atoms with E-state index in [2.05, 4.69) is 15.0 Å². The molecule has 1 amide bonds. The van der Waals surface area contributed by atoms with E-state index in [0.717, 1.165) is 12.7 Å². The number of aromatic nitrogens is 2. The SMILES string of the molecule is CS(=O)(=O)N[C@@H]1[C@@H](NC(=O)c2ccc(Cn3ccnc3)o2)[C@H]2CCO[C@H]21. The molecule has 0 aromatic carbocycles. The molecule has 2 fully saturated rings. The van der Waals surface area contributed by atoms with Gasteiger partial charge in [-0.2, -0.15) is 0 Å². The van der Waals surface area contributed by atoms with Crippen LogP contribution in [0.15, 0.2) is 35.3 Å². The second-order valence-corrected chi connectivity index (χ2v) is 8.48. The summed E-state index contributed by atoms with van der Waals surface area (Å²) >= 11 is 0. The molecule has 1 saturated carbocycles. The molecule has 0 unspecified atom stereocenters. The van der Waals surface area contributed by atoms with Crippen molar-refractivity contribution < 1.29 is 22.4 Å². The molecule has 140 valence electrons. The van der Waals surface area contributed by atoms with Crippen LogP contribution in [0.1, 0.15) is 22.7 Å². The predicted octanol–water partition coefficient (Wildman–Crippen LogP) is -0.0407. The van der Waals surface area contributed by atoms with Crippen LogP contribution >= 0.6 is 0 Å². The minimum Gasteiger partial charge on any atom is -0.454 e. The second-order valence-electron chi connectivity index (χ2n) is 6.70. The Morgan fingerprint density at radius 1 is 1.38 bits per heavy atom. The van der Waals surface area contributed by atoms with Crippen LogP contribution in [0.4, 0.5) is 0 Å². The fourth-order valence-corrected chi connectivity index (χ4v) is 4.43. The van der Waals surface area contributed by atoms with Gasteiger partial charge in [0.05, 0.1) is 37.3 Å². The van der Waals surface area contributed by atoms with E-state index < -0.39 is 16.1 Å². The Balaban J connectivity index is 1.43. The van der Waals surface area contributed by atoms with E-state index in [-0.39, 0.29) is 29.7 Å². The molecule has 4 atom stereocenters.